The van der Waals surface area contributed by atoms with Crippen LogP contribution in [0, 0.1) is 5.41 Å². The largest absolute Gasteiger partial charge is 0.465 e. The monoisotopic (exact) mass is 186 g/mol. The van der Waals surface area contributed by atoms with Crippen molar-refractivity contribution in [1.82, 2.24) is 5.32 Å². The molecular formula is C9H18N2O2. The molecule has 0 amide bonds. The van der Waals surface area contributed by atoms with E-state index in [0.717, 1.165) is 0 Å². The summed E-state index contributed by atoms with van der Waals surface area (Å²) in [6, 6.07) is 0.0578. The molecule has 0 radical (unpaired) electrons. The van der Waals surface area contributed by atoms with Crippen LogP contribution in [0.4, 0.5) is 0 Å². The van der Waals surface area contributed by atoms with E-state index in [4.69, 9.17) is 5.41 Å². The summed E-state index contributed by atoms with van der Waals surface area (Å²) in [6.07, 6.45) is 0.714. The van der Waals surface area contributed by atoms with Crippen molar-refractivity contribution in [2.45, 2.75) is 39.3 Å². The molecule has 0 aromatic heterocycles. The quantitative estimate of drug-likeness (QED) is 0.496. The number of methoxy groups -OCH3 is 1. The average molecular weight is 186 g/mol. The van der Waals surface area contributed by atoms with Crippen molar-refractivity contribution in [3.63, 3.8) is 0 Å². The third kappa shape index (κ3) is 4.03. The van der Waals surface area contributed by atoms with Gasteiger partial charge in [-0.15, -0.1) is 0 Å². The minimum absolute atomic E-state index is 0.00120. The van der Waals surface area contributed by atoms with Gasteiger partial charge in [0.1, 0.15) is 5.71 Å². The predicted molar refractivity (Wildman–Crippen MR) is 52.1 cm³/mol. The van der Waals surface area contributed by atoms with Crippen LogP contribution in [0.3, 0.4) is 0 Å². The first-order chi connectivity index (χ1) is 6.02. The first kappa shape index (κ1) is 12.1. The molecule has 0 fully saturated rings. The van der Waals surface area contributed by atoms with Crippen molar-refractivity contribution < 1.29 is 9.53 Å². The Kier molecular flexibility index (Phi) is 5.30. The van der Waals surface area contributed by atoms with E-state index < -0.39 is 5.97 Å². The van der Waals surface area contributed by atoms with Crippen LogP contribution in [-0.2, 0) is 9.53 Å². The number of hydrogen-bond donors (Lipinski definition) is 2. The van der Waals surface area contributed by atoms with Gasteiger partial charge in [0.2, 0.25) is 0 Å². The Morgan fingerprint density at radius 3 is 2.38 bits per heavy atom. The lowest BCUT2D eigenvalue weighted by molar-refractivity contribution is -0.133. The van der Waals surface area contributed by atoms with Gasteiger partial charge in [-0.2, -0.15) is 0 Å². The lowest BCUT2D eigenvalue weighted by Gasteiger charge is -2.18. The van der Waals surface area contributed by atoms with Crippen LogP contribution in [0.5, 0.6) is 0 Å². The minimum Gasteiger partial charge on any atom is -0.465 e. The number of carbonyl (C=O) groups is 1. The molecule has 0 aliphatic heterocycles. The normalized spacial score (nSPS) is 12.7. The molecule has 0 saturated carbocycles. The third-order valence-electron chi connectivity index (χ3n) is 1.70. The lowest BCUT2D eigenvalue weighted by Crippen LogP contribution is -2.43. The number of esters is 1. The van der Waals surface area contributed by atoms with Crippen LogP contribution >= 0.6 is 0 Å². The Labute approximate surface area is 79.2 Å². The molecule has 13 heavy (non-hydrogen) atoms. The summed E-state index contributed by atoms with van der Waals surface area (Å²) in [5.41, 5.74) is -0.00120. The molecule has 0 heterocycles. The topological polar surface area (TPSA) is 62.2 Å². The van der Waals surface area contributed by atoms with Gasteiger partial charge in [-0.3, -0.25) is 5.41 Å². The molecule has 4 heteroatoms. The summed E-state index contributed by atoms with van der Waals surface area (Å²) in [6.45, 7) is 5.89. The molecule has 0 aliphatic carbocycles. The fourth-order valence-corrected chi connectivity index (χ4v) is 1.06. The molecule has 0 rings (SSSR count). The second-order valence-electron chi connectivity index (χ2n) is 3.19. The van der Waals surface area contributed by atoms with Crippen LogP contribution in [-0.4, -0.2) is 30.9 Å². The van der Waals surface area contributed by atoms with E-state index in [0.29, 0.717) is 6.42 Å². The van der Waals surface area contributed by atoms with Crippen molar-refractivity contribution >= 4 is 11.7 Å². The van der Waals surface area contributed by atoms with Crippen LogP contribution < -0.4 is 5.32 Å². The van der Waals surface area contributed by atoms with Crippen LogP contribution in [0.1, 0.15) is 27.2 Å². The zero-order chi connectivity index (χ0) is 10.4. The number of nitrogens with one attached hydrogen (secondary N) is 2. The predicted octanol–water partition coefficient (Wildman–Crippen LogP) is 0.956. The molecule has 76 valence electrons. The molecule has 2 N–H and O–H groups in total. The van der Waals surface area contributed by atoms with Gasteiger partial charge < -0.3 is 10.1 Å². The van der Waals surface area contributed by atoms with Crippen molar-refractivity contribution in [1.29, 1.82) is 5.41 Å². The number of hydrogen-bond acceptors (Lipinski definition) is 4. The number of rotatable bonds is 5. The highest BCUT2D eigenvalue weighted by molar-refractivity contribution is 6.37. The molecular weight excluding hydrogens is 168 g/mol. The molecule has 0 aliphatic rings. The standard InChI is InChI=1S/C9H18N2O2/c1-5-7(11-6(2)3)8(10)9(12)13-4/h6-7,10-11H,5H2,1-4H3. The van der Waals surface area contributed by atoms with E-state index in [1.807, 2.05) is 20.8 Å². The second kappa shape index (κ2) is 5.70. The van der Waals surface area contributed by atoms with Gasteiger partial charge in [0.05, 0.1) is 13.2 Å². The summed E-state index contributed by atoms with van der Waals surface area (Å²) in [7, 11) is 1.29. The van der Waals surface area contributed by atoms with Gasteiger partial charge in [0.15, 0.2) is 0 Å². The molecule has 0 spiro atoms. The van der Waals surface area contributed by atoms with E-state index in [-0.39, 0.29) is 17.8 Å². The van der Waals surface area contributed by atoms with Crippen molar-refractivity contribution in [3.8, 4) is 0 Å². The fourth-order valence-electron chi connectivity index (χ4n) is 1.06. The molecule has 0 aromatic carbocycles. The number of carbonyl (C=O) groups excluding carboxylic acids is 1. The molecule has 0 bridgehead atoms. The highest BCUT2D eigenvalue weighted by Crippen LogP contribution is 1.97. The Hall–Kier alpha value is -0.900. The fraction of sp³-hybridized carbons (Fsp3) is 0.778. The molecule has 1 atom stereocenters. The molecule has 0 saturated heterocycles. The van der Waals surface area contributed by atoms with E-state index in [1.54, 1.807) is 0 Å². The van der Waals surface area contributed by atoms with Crippen molar-refractivity contribution in [3.05, 3.63) is 0 Å². The Balaban J connectivity index is 4.23. The summed E-state index contributed by atoms with van der Waals surface area (Å²) in [5.74, 6) is -0.556. The maximum Gasteiger partial charge on any atom is 0.353 e. The maximum atomic E-state index is 11.0. The van der Waals surface area contributed by atoms with Gasteiger partial charge in [0, 0.05) is 6.04 Å². The van der Waals surface area contributed by atoms with E-state index >= 15 is 0 Å². The highest BCUT2D eigenvalue weighted by Gasteiger charge is 2.20. The lowest BCUT2D eigenvalue weighted by atomic mass is 10.1. The maximum absolute atomic E-state index is 11.0. The van der Waals surface area contributed by atoms with Gasteiger partial charge in [-0.05, 0) is 6.42 Å². The SMILES string of the molecule is CCC(NC(C)C)C(=N)C(=O)OC. The smallest absolute Gasteiger partial charge is 0.353 e. The summed E-state index contributed by atoms with van der Waals surface area (Å²) in [4.78, 5) is 11.0. The van der Waals surface area contributed by atoms with Gasteiger partial charge in [0.25, 0.3) is 0 Å². The van der Waals surface area contributed by atoms with Gasteiger partial charge in [-0.25, -0.2) is 4.79 Å². The Morgan fingerprint density at radius 2 is 2.08 bits per heavy atom. The highest BCUT2D eigenvalue weighted by atomic mass is 16.5. The van der Waals surface area contributed by atoms with Crippen molar-refractivity contribution in [2.75, 3.05) is 7.11 Å². The van der Waals surface area contributed by atoms with Gasteiger partial charge >= 0.3 is 5.97 Å². The molecule has 1 unspecified atom stereocenters. The van der Waals surface area contributed by atoms with Crippen molar-refractivity contribution in [2.24, 2.45) is 0 Å². The van der Waals surface area contributed by atoms with Crippen LogP contribution in [0.25, 0.3) is 0 Å². The van der Waals surface area contributed by atoms with E-state index in [9.17, 15) is 4.79 Å². The zero-order valence-electron chi connectivity index (χ0n) is 8.68. The first-order valence-electron chi connectivity index (χ1n) is 4.45. The minimum atomic E-state index is -0.556. The third-order valence-corrected chi connectivity index (χ3v) is 1.70. The first-order valence-corrected chi connectivity index (χ1v) is 4.45. The summed E-state index contributed by atoms with van der Waals surface area (Å²) in [5, 5.41) is 10.6. The van der Waals surface area contributed by atoms with Gasteiger partial charge in [-0.1, -0.05) is 20.8 Å². The van der Waals surface area contributed by atoms with Crippen LogP contribution in [0.2, 0.25) is 0 Å². The Morgan fingerprint density at radius 1 is 1.54 bits per heavy atom. The summed E-state index contributed by atoms with van der Waals surface area (Å²) < 4.78 is 4.47. The summed E-state index contributed by atoms with van der Waals surface area (Å²) >= 11 is 0. The average Bonchev–Trinajstić information content (AvgIpc) is 2.11. The molecule has 0 aromatic rings. The molecule has 4 nitrogen and oxygen atoms in total. The Bertz CT molecular complexity index is 190. The second-order valence-corrected chi connectivity index (χ2v) is 3.19. The van der Waals surface area contributed by atoms with Crippen LogP contribution in [0.15, 0.2) is 0 Å². The number of ether oxygens (including phenoxy) is 1. The van der Waals surface area contributed by atoms with E-state index in [2.05, 4.69) is 10.1 Å². The van der Waals surface area contributed by atoms with E-state index in [1.165, 1.54) is 7.11 Å². The zero-order valence-corrected chi connectivity index (χ0v) is 8.68.